The maximum absolute atomic E-state index is 13.7. The van der Waals surface area contributed by atoms with Gasteiger partial charge in [-0.2, -0.15) is 0 Å². The maximum atomic E-state index is 13.7. The molecule has 1 aliphatic heterocycles. The molecule has 0 aliphatic carbocycles. The van der Waals surface area contributed by atoms with Crippen LogP contribution in [-0.4, -0.2) is 53.2 Å². The standard InChI is InChI=1S/C27H29NO8/c1-17(2)22(24(31)34-4)28-23(30)21(18(3)29)27(28,25(32)35-15-19-11-7-5-8-12-19)26(33)36-16-20-13-9-6-10-14-20/h5-14,17,21-22H,15-16H2,1-4H3/t21-,22-/m1/s1. The number of methoxy groups -OCH3 is 1. The van der Waals surface area contributed by atoms with Crippen molar-refractivity contribution in [2.75, 3.05) is 7.11 Å². The second-order valence-electron chi connectivity index (χ2n) is 8.85. The van der Waals surface area contributed by atoms with Gasteiger partial charge in [-0.1, -0.05) is 74.5 Å². The Kier molecular flexibility index (Phi) is 8.24. The summed E-state index contributed by atoms with van der Waals surface area (Å²) in [6.07, 6.45) is 0. The molecule has 9 nitrogen and oxygen atoms in total. The number of amides is 1. The minimum Gasteiger partial charge on any atom is -0.467 e. The zero-order valence-corrected chi connectivity index (χ0v) is 20.6. The number of β-lactam (4-membered cyclic amide) rings is 1. The van der Waals surface area contributed by atoms with E-state index in [9.17, 15) is 24.0 Å². The molecular weight excluding hydrogens is 466 g/mol. The Labute approximate surface area is 209 Å². The first kappa shape index (κ1) is 26.6. The fourth-order valence-corrected chi connectivity index (χ4v) is 4.37. The van der Waals surface area contributed by atoms with Crippen LogP contribution in [-0.2, 0) is 51.4 Å². The number of ether oxygens (including phenoxy) is 3. The smallest absolute Gasteiger partial charge is 0.345 e. The predicted molar refractivity (Wildman–Crippen MR) is 127 cm³/mol. The summed E-state index contributed by atoms with van der Waals surface area (Å²) in [5.74, 6) is -6.97. The highest BCUT2D eigenvalue weighted by atomic mass is 16.6. The highest BCUT2D eigenvalue weighted by Crippen LogP contribution is 2.44. The van der Waals surface area contributed by atoms with Crippen molar-refractivity contribution < 1.29 is 38.2 Å². The number of benzene rings is 2. The zero-order chi connectivity index (χ0) is 26.5. The highest BCUT2D eigenvalue weighted by Gasteiger charge is 2.76. The maximum Gasteiger partial charge on any atom is 0.345 e. The van der Waals surface area contributed by atoms with E-state index in [0.29, 0.717) is 11.1 Å². The van der Waals surface area contributed by atoms with Crippen LogP contribution in [0, 0.1) is 11.8 Å². The number of hydrogen-bond donors (Lipinski definition) is 0. The van der Waals surface area contributed by atoms with E-state index in [1.54, 1.807) is 74.5 Å². The molecule has 3 rings (SSSR count). The van der Waals surface area contributed by atoms with E-state index in [2.05, 4.69) is 0 Å². The monoisotopic (exact) mass is 495 g/mol. The average molecular weight is 496 g/mol. The molecule has 1 heterocycles. The average Bonchev–Trinajstić information content (AvgIpc) is 2.87. The van der Waals surface area contributed by atoms with E-state index in [1.165, 1.54) is 0 Å². The topological polar surface area (TPSA) is 116 Å². The molecule has 2 aromatic carbocycles. The molecule has 0 bridgehead atoms. The lowest BCUT2D eigenvalue weighted by Gasteiger charge is -2.54. The Morgan fingerprint density at radius 2 is 1.31 bits per heavy atom. The molecule has 1 fully saturated rings. The number of likely N-dealkylation sites (tertiary alicyclic amines) is 1. The van der Waals surface area contributed by atoms with Crippen LogP contribution in [0.15, 0.2) is 60.7 Å². The van der Waals surface area contributed by atoms with Crippen LogP contribution in [0.3, 0.4) is 0 Å². The Morgan fingerprint density at radius 1 is 0.861 bits per heavy atom. The van der Waals surface area contributed by atoms with Gasteiger partial charge >= 0.3 is 17.9 Å². The Morgan fingerprint density at radius 3 is 1.67 bits per heavy atom. The van der Waals surface area contributed by atoms with E-state index in [1.807, 2.05) is 0 Å². The van der Waals surface area contributed by atoms with Crippen LogP contribution in [0.4, 0.5) is 0 Å². The van der Waals surface area contributed by atoms with Gasteiger partial charge in [0.25, 0.3) is 5.54 Å². The first-order chi connectivity index (χ1) is 17.2. The third kappa shape index (κ3) is 4.86. The minimum atomic E-state index is -2.48. The molecule has 0 unspecified atom stereocenters. The Balaban J connectivity index is 2.06. The van der Waals surface area contributed by atoms with Crippen molar-refractivity contribution in [2.45, 2.75) is 45.6 Å². The third-order valence-corrected chi connectivity index (χ3v) is 6.09. The molecule has 36 heavy (non-hydrogen) atoms. The van der Waals surface area contributed by atoms with E-state index in [-0.39, 0.29) is 13.2 Å². The van der Waals surface area contributed by atoms with Crippen molar-refractivity contribution in [1.82, 2.24) is 4.90 Å². The van der Waals surface area contributed by atoms with Gasteiger partial charge < -0.3 is 19.1 Å². The molecule has 0 N–H and O–H groups in total. The predicted octanol–water partition coefficient (Wildman–Crippen LogP) is 2.46. The van der Waals surface area contributed by atoms with Crippen molar-refractivity contribution in [3.05, 3.63) is 71.8 Å². The fraction of sp³-hybridized carbons (Fsp3) is 0.370. The molecule has 0 radical (unpaired) electrons. The lowest BCUT2D eigenvalue weighted by atomic mass is 9.68. The van der Waals surface area contributed by atoms with Gasteiger partial charge in [-0.15, -0.1) is 0 Å². The summed E-state index contributed by atoms with van der Waals surface area (Å²) >= 11 is 0. The third-order valence-electron chi connectivity index (χ3n) is 6.09. The molecule has 2 atom stereocenters. The molecule has 1 amide bonds. The van der Waals surface area contributed by atoms with Gasteiger partial charge in [0.05, 0.1) is 7.11 Å². The molecule has 9 heteroatoms. The van der Waals surface area contributed by atoms with Gasteiger partial charge in [0.15, 0.2) is 0 Å². The number of hydrogen-bond acceptors (Lipinski definition) is 8. The van der Waals surface area contributed by atoms with E-state index < -0.39 is 53.0 Å². The van der Waals surface area contributed by atoms with Crippen LogP contribution in [0.25, 0.3) is 0 Å². The van der Waals surface area contributed by atoms with Crippen molar-refractivity contribution in [1.29, 1.82) is 0 Å². The summed E-state index contributed by atoms with van der Waals surface area (Å²) in [5, 5.41) is 0. The largest absolute Gasteiger partial charge is 0.467 e. The number of carbonyl (C=O) groups is 5. The quantitative estimate of drug-likeness (QED) is 0.214. The van der Waals surface area contributed by atoms with Crippen molar-refractivity contribution in [3.8, 4) is 0 Å². The van der Waals surface area contributed by atoms with E-state index >= 15 is 0 Å². The summed E-state index contributed by atoms with van der Waals surface area (Å²) in [4.78, 5) is 66.7. The SMILES string of the molecule is COC(=O)[C@@H](C(C)C)N1C(=O)[C@@H](C(C)=O)C1(C(=O)OCc1ccccc1)C(=O)OCc1ccccc1. The summed E-state index contributed by atoms with van der Waals surface area (Å²) < 4.78 is 15.8. The normalized spacial score (nSPS) is 17.1. The van der Waals surface area contributed by atoms with Crippen LogP contribution < -0.4 is 0 Å². The number of rotatable bonds is 10. The molecule has 2 aromatic rings. The highest BCUT2D eigenvalue weighted by molar-refractivity contribution is 6.25. The Hall–Kier alpha value is -4.01. The molecule has 190 valence electrons. The van der Waals surface area contributed by atoms with Gasteiger partial charge in [-0.05, 0) is 24.0 Å². The van der Waals surface area contributed by atoms with Crippen molar-refractivity contribution >= 4 is 29.6 Å². The molecule has 0 aromatic heterocycles. The van der Waals surface area contributed by atoms with Gasteiger partial charge in [-0.3, -0.25) is 9.59 Å². The van der Waals surface area contributed by atoms with Gasteiger partial charge in [0, 0.05) is 0 Å². The lowest BCUT2D eigenvalue weighted by Crippen LogP contribution is -2.83. The number of carbonyl (C=O) groups excluding carboxylic acids is 5. The number of ketones is 1. The van der Waals surface area contributed by atoms with Crippen molar-refractivity contribution in [3.63, 3.8) is 0 Å². The molecular formula is C27H29NO8. The fourth-order valence-electron chi connectivity index (χ4n) is 4.37. The van der Waals surface area contributed by atoms with Crippen LogP contribution in [0.5, 0.6) is 0 Å². The van der Waals surface area contributed by atoms with E-state index in [4.69, 9.17) is 14.2 Å². The second-order valence-corrected chi connectivity index (χ2v) is 8.85. The molecule has 1 aliphatic rings. The van der Waals surface area contributed by atoms with E-state index in [0.717, 1.165) is 18.9 Å². The second kappa shape index (κ2) is 11.2. The molecule has 1 saturated heterocycles. The van der Waals surface area contributed by atoms with Gasteiger partial charge in [0.2, 0.25) is 5.91 Å². The number of esters is 3. The van der Waals surface area contributed by atoms with Crippen molar-refractivity contribution in [2.24, 2.45) is 11.8 Å². The summed E-state index contributed by atoms with van der Waals surface area (Å²) in [6.45, 7) is 3.93. The van der Waals surface area contributed by atoms with Crippen LogP contribution in [0.2, 0.25) is 0 Å². The first-order valence-electron chi connectivity index (χ1n) is 11.5. The first-order valence-corrected chi connectivity index (χ1v) is 11.5. The minimum absolute atomic E-state index is 0.218. The summed E-state index contributed by atoms with van der Waals surface area (Å²) in [6, 6.07) is 16.1. The lowest BCUT2D eigenvalue weighted by molar-refractivity contribution is -0.213. The van der Waals surface area contributed by atoms with Crippen LogP contribution >= 0.6 is 0 Å². The number of nitrogens with zero attached hydrogens (tertiary/aromatic N) is 1. The van der Waals surface area contributed by atoms with Crippen LogP contribution in [0.1, 0.15) is 31.9 Å². The number of Topliss-reactive ketones (excluding diaryl/α,β-unsaturated/α-hetero) is 1. The summed E-state index contributed by atoms with van der Waals surface area (Å²) in [5.41, 5.74) is -1.22. The zero-order valence-electron chi connectivity index (χ0n) is 20.6. The van der Waals surface area contributed by atoms with Gasteiger partial charge in [0.1, 0.15) is 31.0 Å². The molecule has 0 saturated carbocycles. The Bertz CT molecular complexity index is 1070. The molecule has 0 spiro atoms. The summed E-state index contributed by atoms with van der Waals surface area (Å²) in [7, 11) is 1.13. The van der Waals surface area contributed by atoms with Gasteiger partial charge in [-0.25, -0.2) is 14.4 Å².